The zero-order valence-electron chi connectivity index (χ0n) is 19.0. The number of para-hydroxylation sites is 2. The van der Waals surface area contributed by atoms with Crippen molar-refractivity contribution < 1.29 is 38.6 Å². The molecule has 0 aliphatic carbocycles. The zero-order chi connectivity index (χ0) is 26.1. The second-order valence-electron chi connectivity index (χ2n) is 7.51. The van der Waals surface area contributed by atoms with Gasteiger partial charge in [-0.1, -0.05) is 36.4 Å². The van der Waals surface area contributed by atoms with E-state index in [-0.39, 0.29) is 23.1 Å². The second-order valence-corrected chi connectivity index (χ2v) is 7.51. The van der Waals surface area contributed by atoms with Gasteiger partial charge in [-0.3, -0.25) is 24.0 Å². The molecular formula is C26H22N2O8. The molecule has 0 aliphatic heterocycles. The lowest BCUT2D eigenvalue weighted by Crippen LogP contribution is -2.46. The van der Waals surface area contributed by atoms with Gasteiger partial charge in [-0.05, 0) is 48.5 Å². The monoisotopic (exact) mass is 490 g/mol. The molecule has 10 heteroatoms. The van der Waals surface area contributed by atoms with Gasteiger partial charge >= 0.3 is 17.9 Å². The summed E-state index contributed by atoms with van der Waals surface area (Å²) in [5.74, 6) is -9.92. The van der Waals surface area contributed by atoms with E-state index in [2.05, 4.69) is 10.6 Å². The van der Waals surface area contributed by atoms with Gasteiger partial charge in [0.1, 0.15) is 11.5 Å². The Kier molecular flexibility index (Phi) is 8.49. The number of benzene rings is 3. The smallest absolute Gasteiger partial charge is 0.327 e. The molecule has 3 N–H and O–H groups in total. The minimum atomic E-state index is -2.21. The van der Waals surface area contributed by atoms with E-state index in [4.69, 9.17) is 9.47 Å². The Balaban J connectivity index is 1.89. The van der Waals surface area contributed by atoms with Crippen molar-refractivity contribution >= 4 is 41.1 Å². The number of anilines is 2. The summed E-state index contributed by atoms with van der Waals surface area (Å²) in [5, 5.41) is 14.8. The van der Waals surface area contributed by atoms with E-state index in [1.165, 1.54) is 55.5 Å². The number of esters is 2. The molecule has 3 rings (SSSR count). The van der Waals surface area contributed by atoms with Gasteiger partial charge in [0.25, 0.3) is 0 Å². The van der Waals surface area contributed by atoms with Crippen molar-refractivity contribution in [1.29, 1.82) is 0 Å². The van der Waals surface area contributed by atoms with E-state index >= 15 is 0 Å². The number of hydrogen-bond donors (Lipinski definition) is 3. The van der Waals surface area contributed by atoms with Crippen molar-refractivity contribution in [1.82, 2.24) is 0 Å². The van der Waals surface area contributed by atoms with Crippen LogP contribution in [-0.4, -0.2) is 34.8 Å². The summed E-state index contributed by atoms with van der Waals surface area (Å²) in [5.41, 5.74) is 0.641. The molecule has 3 aromatic carbocycles. The first-order valence-corrected chi connectivity index (χ1v) is 10.7. The van der Waals surface area contributed by atoms with E-state index in [9.17, 15) is 29.1 Å². The molecule has 2 amide bonds. The van der Waals surface area contributed by atoms with Crippen LogP contribution < -0.4 is 20.1 Å². The number of rotatable bonds is 9. The van der Waals surface area contributed by atoms with Gasteiger partial charge < -0.3 is 25.2 Å². The van der Waals surface area contributed by atoms with Crippen LogP contribution in [0.1, 0.15) is 6.92 Å². The third-order valence-electron chi connectivity index (χ3n) is 4.79. The lowest BCUT2D eigenvalue weighted by Gasteiger charge is -2.21. The Morgan fingerprint density at radius 3 is 1.47 bits per heavy atom. The van der Waals surface area contributed by atoms with E-state index in [0.717, 1.165) is 0 Å². The summed E-state index contributed by atoms with van der Waals surface area (Å²) in [6.45, 7) is 1.33. The highest BCUT2D eigenvalue weighted by molar-refractivity contribution is 6.12. The van der Waals surface area contributed by atoms with Crippen LogP contribution >= 0.6 is 0 Å². The van der Waals surface area contributed by atoms with Crippen LogP contribution in [0.15, 0.2) is 84.9 Å². The SMILES string of the molecule is CC(=O)Nc1ccc(NC(=O)C(C(=O)Oc2ccccc2)C(C(=O)O)C(=O)Oc2ccccc2)cc1. The summed E-state index contributed by atoms with van der Waals surface area (Å²) in [7, 11) is 0. The maximum atomic E-state index is 13.2. The van der Waals surface area contributed by atoms with Crippen molar-refractivity contribution in [3.05, 3.63) is 84.9 Å². The molecule has 2 atom stereocenters. The first kappa shape index (κ1) is 25.6. The third kappa shape index (κ3) is 7.00. The molecule has 0 aromatic heterocycles. The molecule has 0 heterocycles. The molecular weight excluding hydrogens is 468 g/mol. The number of hydrogen-bond acceptors (Lipinski definition) is 7. The number of carboxylic acids is 1. The Morgan fingerprint density at radius 2 is 1.06 bits per heavy atom. The highest BCUT2D eigenvalue weighted by atomic mass is 16.5. The van der Waals surface area contributed by atoms with Gasteiger partial charge in [0.15, 0.2) is 11.8 Å². The molecule has 2 unspecified atom stereocenters. The predicted octanol–water partition coefficient (Wildman–Crippen LogP) is 3.11. The highest BCUT2D eigenvalue weighted by Crippen LogP contribution is 2.23. The van der Waals surface area contributed by atoms with Crippen molar-refractivity contribution in [2.24, 2.45) is 11.8 Å². The van der Waals surface area contributed by atoms with Gasteiger partial charge in [-0.25, -0.2) is 0 Å². The largest absolute Gasteiger partial charge is 0.481 e. The van der Waals surface area contributed by atoms with Gasteiger partial charge in [0.2, 0.25) is 11.8 Å². The molecule has 0 saturated heterocycles. The first-order chi connectivity index (χ1) is 17.2. The topological polar surface area (TPSA) is 148 Å². The number of carbonyl (C=O) groups is 5. The fraction of sp³-hybridized carbons (Fsp3) is 0.115. The maximum Gasteiger partial charge on any atom is 0.327 e. The summed E-state index contributed by atoms with van der Waals surface area (Å²) in [6.07, 6.45) is 0. The predicted molar refractivity (Wildman–Crippen MR) is 128 cm³/mol. The molecule has 0 aliphatic rings. The van der Waals surface area contributed by atoms with Crippen molar-refractivity contribution in [3.8, 4) is 11.5 Å². The highest BCUT2D eigenvalue weighted by Gasteiger charge is 2.47. The number of amides is 2. The lowest BCUT2D eigenvalue weighted by atomic mass is 9.91. The Morgan fingerprint density at radius 1 is 0.639 bits per heavy atom. The molecule has 0 bridgehead atoms. The molecule has 184 valence electrons. The van der Waals surface area contributed by atoms with Crippen molar-refractivity contribution in [2.75, 3.05) is 10.6 Å². The standard InChI is InChI=1S/C26H22N2O8/c1-16(29)27-17-12-14-18(15-13-17)28-23(30)21(25(33)35-19-8-4-2-5-9-19)22(24(31)32)26(34)36-20-10-6-3-7-11-20/h2-15,21-22H,1H3,(H,27,29)(H,28,30)(H,31,32). The average Bonchev–Trinajstić information content (AvgIpc) is 2.84. The van der Waals surface area contributed by atoms with Gasteiger partial charge in [0.05, 0.1) is 0 Å². The molecule has 0 radical (unpaired) electrons. The quantitative estimate of drug-likeness (QED) is 0.235. The Bertz CT molecular complexity index is 1240. The van der Waals surface area contributed by atoms with Crippen molar-refractivity contribution in [3.63, 3.8) is 0 Å². The van der Waals surface area contributed by atoms with E-state index < -0.39 is 35.7 Å². The Hall–Kier alpha value is -4.99. The summed E-state index contributed by atoms with van der Waals surface area (Å²) in [6, 6.07) is 21.2. The molecule has 36 heavy (non-hydrogen) atoms. The van der Waals surface area contributed by atoms with Crippen LogP contribution in [0.4, 0.5) is 11.4 Å². The minimum Gasteiger partial charge on any atom is -0.481 e. The molecule has 10 nitrogen and oxygen atoms in total. The van der Waals surface area contributed by atoms with E-state index in [1.54, 1.807) is 36.4 Å². The second kappa shape index (κ2) is 11.9. The number of carbonyl (C=O) groups excluding carboxylic acids is 4. The molecule has 0 spiro atoms. The summed E-state index contributed by atoms with van der Waals surface area (Å²) in [4.78, 5) is 62.3. The van der Waals surface area contributed by atoms with Gasteiger partial charge in [-0.15, -0.1) is 0 Å². The fourth-order valence-corrected chi connectivity index (χ4v) is 3.17. The fourth-order valence-electron chi connectivity index (χ4n) is 3.17. The van der Waals surface area contributed by atoms with Crippen LogP contribution in [0.3, 0.4) is 0 Å². The van der Waals surface area contributed by atoms with Crippen LogP contribution in [0.5, 0.6) is 11.5 Å². The number of nitrogens with one attached hydrogen (secondary N) is 2. The number of carboxylic acid groups (broad SMARTS) is 1. The van der Waals surface area contributed by atoms with Crippen molar-refractivity contribution in [2.45, 2.75) is 6.92 Å². The zero-order valence-corrected chi connectivity index (χ0v) is 19.0. The first-order valence-electron chi connectivity index (χ1n) is 10.7. The van der Waals surface area contributed by atoms with Gasteiger partial charge in [0, 0.05) is 18.3 Å². The summed E-state index contributed by atoms with van der Waals surface area (Å²) < 4.78 is 10.3. The Labute approximate surface area is 205 Å². The normalized spacial score (nSPS) is 11.9. The lowest BCUT2D eigenvalue weighted by molar-refractivity contribution is -0.164. The third-order valence-corrected chi connectivity index (χ3v) is 4.79. The van der Waals surface area contributed by atoms with Crippen LogP contribution in [-0.2, 0) is 24.0 Å². The number of aliphatic carboxylic acids is 1. The minimum absolute atomic E-state index is 0.0397. The van der Waals surface area contributed by atoms with E-state index in [0.29, 0.717) is 5.69 Å². The maximum absolute atomic E-state index is 13.2. The van der Waals surface area contributed by atoms with Crippen LogP contribution in [0, 0.1) is 11.8 Å². The number of ether oxygens (including phenoxy) is 2. The average molecular weight is 490 g/mol. The van der Waals surface area contributed by atoms with E-state index in [1.807, 2.05) is 0 Å². The molecule has 3 aromatic rings. The van der Waals surface area contributed by atoms with Crippen LogP contribution in [0.2, 0.25) is 0 Å². The molecule has 0 fully saturated rings. The van der Waals surface area contributed by atoms with Crippen LogP contribution in [0.25, 0.3) is 0 Å². The molecule has 0 saturated carbocycles. The summed E-state index contributed by atoms with van der Waals surface area (Å²) >= 11 is 0. The van der Waals surface area contributed by atoms with Gasteiger partial charge in [-0.2, -0.15) is 0 Å².